The lowest BCUT2D eigenvalue weighted by Crippen LogP contribution is -2.29. The molecule has 0 aliphatic rings. The first-order valence-electron chi connectivity index (χ1n) is 7.22. The molecule has 0 aliphatic carbocycles. The van der Waals surface area contributed by atoms with Crippen molar-refractivity contribution in [2.75, 3.05) is 0 Å². The van der Waals surface area contributed by atoms with Crippen LogP contribution in [0.2, 0.25) is 0 Å². The first-order valence-corrected chi connectivity index (χ1v) is 7.22. The summed E-state index contributed by atoms with van der Waals surface area (Å²) in [6.07, 6.45) is -2.00. The summed E-state index contributed by atoms with van der Waals surface area (Å²) in [7, 11) is 0. The van der Waals surface area contributed by atoms with Gasteiger partial charge < -0.3 is 14.9 Å². The number of phenolic OH excluding ortho intramolecular Hbond substituents is 1. The second kappa shape index (κ2) is 7.87. The number of benzene rings is 2. The Bertz CT molecular complexity index is 794. The van der Waals surface area contributed by atoms with Crippen molar-refractivity contribution in [2.24, 2.45) is 0 Å². The van der Waals surface area contributed by atoms with Crippen LogP contribution in [0.25, 0.3) is 0 Å². The van der Waals surface area contributed by atoms with Crippen molar-refractivity contribution in [3.63, 3.8) is 0 Å². The van der Waals surface area contributed by atoms with Crippen LogP contribution in [0.15, 0.2) is 54.6 Å². The van der Waals surface area contributed by atoms with Crippen LogP contribution in [0, 0.1) is 0 Å². The number of carbonyl (C=O) groups excluding carboxylic acids is 3. The number of aliphatic carboxylic acids is 1. The van der Waals surface area contributed by atoms with Gasteiger partial charge in [-0.1, -0.05) is 42.5 Å². The van der Waals surface area contributed by atoms with E-state index in [1.54, 1.807) is 18.2 Å². The minimum absolute atomic E-state index is 0.00923. The highest BCUT2D eigenvalue weighted by atomic mass is 16.6. The van der Waals surface area contributed by atoms with Crippen LogP contribution in [-0.2, 0) is 30.3 Å². The van der Waals surface area contributed by atoms with Gasteiger partial charge in [0.15, 0.2) is 6.10 Å². The van der Waals surface area contributed by atoms with Gasteiger partial charge in [-0.2, -0.15) is 0 Å². The van der Waals surface area contributed by atoms with Gasteiger partial charge in [0.2, 0.25) is 5.78 Å². The van der Waals surface area contributed by atoms with Gasteiger partial charge in [0.1, 0.15) is 5.75 Å². The van der Waals surface area contributed by atoms with Crippen LogP contribution >= 0.6 is 0 Å². The van der Waals surface area contributed by atoms with Crippen molar-refractivity contribution in [1.82, 2.24) is 0 Å². The number of rotatable bonds is 7. The third kappa shape index (κ3) is 4.74. The summed E-state index contributed by atoms with van der Waals surface area (Å²) in [6, 6.07) is 13.2. The summed E-state index contributed by atoms with van der Waals surface area (Å²) in [4.78, 5) is 46.6. The molecule has 128 valence electrons. The lowest BCUT2D eigenvalue weighted by atomic mass is 10.1. The molecule has 7 nitrogen and oxygen atoms in total. The molecule has 0 fully saturated rings. The summed E-state index contributed by atoms with van der Waals surface area (Å²) in [6.45, 7) is 0. The molecule has 0 aromatic heterocycles. The Morgan fingerprint density at radius 2 is 1.52 bits per heavy atom. The predicted molar refractivity (Wildman–Crippen MR) is 84.7 cm³/mol. The minimum atomic E-state index is -1.77. The second-order valence-corrected chi connectivity index (χ2v) is 5.13. The van der Waals surface area contributed by atoms with Crippen molar-refractivity contribution in [3.8, 4) is 5.75 Å². The molecule has 2 aromatic rings. The molecule has 2 aromatic carbocycles. The molecular formula is C18H14O7. The first-order chi connectivity index (χ1) is 11.9. The lowest BCUT2D eigenvalue weighted by molar-refractivity contribution is -0.165. The maximum atomic E-state index is 12.0. The van der Waals surface area contributed by atoms with E-state index in [0.29, 0.717) is 5.56 Å². The highest BCUT2D eigenvalue weighted by Crippen LogP contribution is 2.19. The standard InChI is InChI=1S/C18H14O7/c19-13-8-6-11(7-9-13)10-14(20)18(24)25-16(15(21)17(22)23)12-4-2-1-3-5-12/h1-9,16,19H,10H2,(H,22,23). The highest BCUT2D eigenvalue weighted by Gasteiger charge is 2.32. The van der Waals surface area contributed by atoms with Crippen molar-refractivity contribution < 1.29 is 34.1 Å². The van der Waals surface area contributed by atoms with Crippen LogP contribution in [0.4, 0.5) is 0 Å². The van der Waals surface area contributed by atoms with Crippen LogP contribution < -0.4 is 0 Å². The molecule has 0 saturated heterocycles. The molecule has 2 rings (SSSR count). The summed E-state index contributed by atoms with van der Waals surface area (Å²) >= 11 is 0. The number of Topliss-reactive ketones (excluding diaryl/α,β-unsaturated/α-hetero) is 2. The smallest absolute Gasteiger partial charge is 0.376 e. The molecule has 2 N–H and O–H groups in total. The SMILES string of the molecule is O=C(O)C(=O)C(OC(=O)C(=O)Cc1ccc(O)cc1)c1ccccc1. The fourth-order valence-corrected chi connectivity index (χ4v) is 2.06. The Hall–Kier alpha value is -3.48. The zero-order valence-electron chi connectivity index (χ0n) is 12.9. The summed E-state index contributed by atoms with van der Waals surface area (Å²) < 4.78 is 4.85. The predicted octanol–water partition coefficient (Wildman–Crippen LogP) is 1.44. The second-order valence-electron chi connectivity index (χ2n) is 5.13. The van der Waals surface area contributed by atoms with Crippen LogP contribution in [0.1, 0.15) is 17.2 Å². The number of hydrogen-bond donors (Lipinski definition) is 2. The number of carboxylic acid groups (broad SMARTS) is 1. The van der Waals surface area contributed by atoms with Gasteiger partial charge in [-0.3, -0.25) is 9.59 Å². The fraction of sp³-hybridized carbons (Fsp3) is 0.111. The molecule has 0 bridgehead atoms. The molecule has 1 unspecified atom stereocenters. The Kier molecular flexibility index (Phi) is 5.62. The van der Waals surface area contributed by atoms with E-state index >= 15 is 0 Å². The number of aromatic hydroxyl groups is 1. The average Bonchev–Trinajstić information content (AvgIpc) is 2.61. The van der Waals surface area contributed by atoms with E-state index in [0.717, 1.165) is 0 Å². The molecule has 0 aliphatic heterocycles. The van der Waals surface area contributed by atoms with Gasteiger partial charge in [0.05, 0.1) is 0 Å². The maximum Gasteiger partial charge on any atom is 0.376 e. The molecule has 25 heavy (non-hydrogen) atoms. The van der Waals surface area contributed by atoms with Gasteiger partial charge in [-0.15, -0.1) is 0 Å². The van der Waals surface area contributed by atoms with Gasteiger partial charge in [0, 0.05) is 12.0 Å². The van der Waals surface area contributed by atoms with Crippen molar-refractivity contribution in [2.45, 2.75) is 12.5 Å². The van der Waals surface area contributed by atoms with E-state index in [4.69, 9.17) is 9.84 Å². The van der Waals surface area contributed by atoms with Crippen molar-refractivity contribution >= 4 is 23.5 Å². The Labute approximate surface area is 142 Å². The Morgan fingerprint density at radius 1 is 0.920 bits per heavy atom. The molecule has 7 heteroatoms. The molecule has 0 amide bonds. The summed E-state index contributed by atoms with van der Waals surface area (Å²) in [5.74, 6) is -5.36. The van der Waals surface area contributed by atoms with Crippen LogP contribution in [-0.4, -0.2) is 33.7 Å². The van der Waals surface area contributed by atoms with Crippen molar-refractivity contribution in [1.29, 1.82) is 0 Å². The first kappa shape index (κ1) is 17.9. The van der Waals surface area contributed by atoms with E-state index < -0.39 is 29.6 Å². The third-order valence-electron chi connectivity index (χ3n) is 3.30. The topological polar surface area (TPSA) is 118 Å². The maximum absolute atomic E-state index is 12.0. The van der Waals surface area contributed by atoms with Gasteiger partial charge in [-0.25, -0.2) is 9.59 Å². The Balaban J connectivity index is 2.13. The van der Waals surface area contributed by atoms with E-state index in [-0.39, 0.29) is 17.7 Å². The Morgan fingerprint density at radius 3 is 2.08 bits per heavy atom. The third-order valence-corrected chi connectivity index (χ3v) is 3.30. The molecule has 0 saturated carbocycles. The number of hydrogen-bond acceptors (Lipinski definition) is 6. The molecule has 0 heterocycles. The average molecular weight is 342 g/mol. The van der Waals surface area contributed by atoms with Gasteiger partial charge in [-0.05, 0) is 17.7 Å². The number of ketones is 2. The number of phenols is 1. The summed E-state index contributed by atoms with van der Waals surface area (Å²) in [5, 5.41) is 18.1. The highest BCUT2D eigenvalue weighted by molar-refractivity contribution is 6.37. The van der Waals surface area contributed by atoms with Crippen LogP contribution in [0.3, 0.4) is 0 Å². The fourth-order valence-electron chi connectivity index (χ4n) is 2.06. The normalized spacial score (nSPS) is 11.4. The monoisotopic (exact) mass is 342 g/mol. The molecule has 1 atom stereocenters. The molecule has 0 spiro atoms. The number of esters is 1. The number of carboxylic acids is 1. The summed E-state index contributed by atoms with van der Waals surface area (Å²) in [5.41, 5.74) is 0.612. The minimum Gasteiger partial charge on any atom is -0.508 e. The molecular weight excluding hydrogens is 328 g/mol. The number of ether oxygens (including phenoxy) is 1. The quantitative estimate of drug-likeness (QED) is 0.577. The zero-order chi connectivity index (χ0) is 18.4. The van der Waals surface area contributed by atoms with E-state index in [1.807, 2.05) is 0 Å². The lowest BCUT2D eigenvalue weighted by Gasteiger charge is -2.14. The number of carbonyl (C=O) groups is 4. The van der Waals surface area contributed by atoms with Crippen molar-refractivity contribution in [3.05, 3.63) is 65.7 Å². The van der Waals surface area contributed by atoms with E-state index in [9.17, 15) is 24.3 Å². The van der Waals surface area contributed by atoms with Gasteiger partial charge in [0.25, 0.3) is 5.78 Å². The van der Waals surface area contributed by atoms with Gasteiger partial charge >= 0.3 is 11.9 Å². The zero-order valence-corrected chi connectivity index (χ0v) is 12.9. The van der Waals surface area contributed by atoms with E-state index in [2.05, 4.69) is 0 Å². The molecule has 0 radical (unpaired) electrons. The van der Waals surface area contributed by atoms with Crippen LogP contribution in [0.5, 0.6) is 5.75 Å². The largest absolute Gasteiger partial charge is 0.508 e. The van der Waals surface area contributed by atoms with E-state index in [1.165, 1.54) is 36.4 Å².